The minimum absolute atomic E-state index is 1.13. The second-order valence-electron chi connectivity index (χ2n) is 4.22. The first kappa shape index (κ1) is 10.0. The van der Waals surface area contributed by atoms with Gasteiger partial charge in [0.05, 0.1) is 0 Å². The van der Waals surface area contributed by atoms with Crippen LogP contribution in [0.25, 0.3) is 0 Å². The van der Waals surface area contributed by atoms with E-state index in [0.717, 1.165) is 5.92 Å². The van der Waals surface area contributed by atoms with E-state index in [9.17, 15) is 0 Å². The zero-order valence-electron chi connectivity index (χ0n) is 8.68. The Balaban J connectivity index is 0.000000127. The molecule has 0 aromatic rings. The van der Waals surface area contributed by atoms with E-state index >= 15 is 0 Å². The first-order chi connectivity index (χ1) is 5.83. The van der Waals surface area contributed by atoms with Crippen LogP contribution in [0, 0.1) is 5.92 Å². The summed E-state index contributed by atoms with van der Waals surface area (Å²) < 4.78 is 0. The normalized spacial score (nSPS) is 24.5. The Morgan fingerprint density at radius 3 is 1.83 bits per heavy atom. The van der Waals surface area contributed by atoms with Gasteiger partial charge in [0.1, 0.15) is 0 Å². The van der Waals surface area contributed by atoms with Crippen LogP contribution in [0.1, 0.15) is 45.4 Å². The maximum absolute atomic E-state index is 2.39. The van der Waals surface area contributed by atoms with Crippen molar-refractivity contribution < 1.29 is 0 Å². The van der Waals surface area contributed by atoms with E-state index in [1.165, 1.54) is 51.6 Å². The monoisotopic (exact) mass is 169 g/mol. The highest BCUT2D eigenvalue weighted by atomic mass is 15.1. The smallest absolute Gasteiger partial charge is 0.00218 e. The fourth-order valence-electron chi connectivity index (χ4n) is 1.58. The zero-order valence-corrected chi connectivity index (χ0v) is 8.68. The van der Waals surface area contributed by atoms with E-state index in [1.807, 2.05) is 0 Å². The zero-order chi connectivity index (χ0) is 8.81. The quantitative estimate of drug-likeness (QED) is 0.583. The molecule has 0 aromatic carbocycles. The molecule has 0 amide bonds. The molecule has 1 heteroatoms. The molecule has 2 fully saturated rings. The van der Waals surface area contributed by atoms with E-state index in [0.29, 0.717) is 0 Å². The van der Waals surface area contributed by atoms with Gasteiger partial charge in [-0.25, -0.2) is 0 Å². The number of likely N-dealkylation sites (tertiary alicyclic amines) is 1. The second-order valence-corrected chi connectivity index (χ2v) is 4.22. The molecule has 2 aliphatic rings. The largest absolute Gasteiger partial charge is 0.306 e. The molecule has 1 nitrogen and oxygen atoms in total. The van der Waals surface area contributed by atoms with Crippen molar-refractivity contribution in [3.63, 3.8) is 0 Å². The number of hydrogen-bond donors (Lipinski definition) is 0. The molecule has 0 aromatic heterocycles. The van der Waals surface area contributed by atoms with Gasteiger partial charge in [0.15, 0.2) is 0 Å². The molecule has 72 valence electrons. The summed E-state index contributed by atoms with van der Waals surface area (Å²) >= 11 is 0. The van der Waals surface area contributed by atoms with Crippen molar-refractivity contribution in [1.29, 1.82) is 0 Å². The Morgan fingerprint density at radius 2 is 1.67 bits per heavy atom. The molecule has 1 saturated heterocycles. The van der Waals surface area contributed by atoms with Gasteiger partial charge in [-0.05, 0) is 38.9 Å². The molecule has 0 atom stereocenters. The van der Waals surface area contributed by atoms with Crippen molar-refractivity contribution in [2.24, 2.45) is 5.92 Å². The standard InChI is InChI=1S/C6H13N.C5H10/c1-7-5-3-2-4-6-7;1-2-5-3-4-5/h2-6H2,1H3;5H,2-4H2,1H3. The minimum atomic E-state index is 1.13. The highest BCUT2D eigenvalue weighted by Gasteiger charge is 2.17. The summed E-state index contributed by atoms with van der Waals surface area (Å²) in [5, 5.41) is 0. The summed E-state index contributed by atoms with van der Waals surface area (Å²) in [4.78, 5) is 2.39. The van der Waals surface area contributed by atoms with Gasteiger partial charge in [0, 0.05) is 0 Å². The van der Waals surface area contributed by atoms with Crippen LogP contribution in [0.4, 0.5) is 0 Å². The number of rotatable bonds is 1. The predicted octanol–water partition coefficient (Wildman–Crippen LogP) is 2.91. The van der Waals surface area contributed by atoms with Gasteiger partial charge < -0.3 is 4.90 Å². The number of piperidine rings is 1. The van der Waals surface area contributed by atoms with Crippen LogP contribution in [-0.2, 0) is 0 Å². The third-order valence-electron chi connectivity index (χ3n) is 2.85. The van der Waals surface area contributed by atoms with Crippen molar-refractivity contribution in [3.8, 4) is 0 Å². The van der Waals surface area contributed by atoms with E-state index in [2.05, 4.69) is 18.9 Å². The van der Waals surface area contributed by atoms with E-state index in [4.69, 9.17) is 0 Å². The average Bonchev–Trinajstić information content (AvgIpc) is 2.89. The summed E-state index contributed by atoms with van der Waals surface area (Å²) in [5.41, 5.74) is 0. The molecule has 0 spiro atoms. The Bertz CT molecular complexity index is 102. The van der Waals surface area contributed by atoms with Crippen molar-refractivity contribution in [2.75, 3.05) is 20.1 Å². The lowest BCUT2D eigenvalue weighted by molar-refractivity contribution is 0.277. The van der Waals surface area contributed by atoms with Gasteiger partial charge in [-0.15, -0.1) is 0 Å². The minimum Gasteiger partial charge on any atom is -0.306 e. The molecular weight excluding hydrogens is 146 g/mol. The van der Waals surface area contributed by atoms with Gasteiger partial charge >= 0.3 is 0 Å². The molecular formula is C11H23N. The van der Waals surface area contributed by atoms with Gasteiger partial charge in [-0.1, -0.05) is 32.6 Å². The first-order valence-corrected chi connectivity index (χ1v) is 5.51. The summed E-state index contributed by atoms with van der Waals surface area (Å²) in [6.07, 6.45) is 8.71. The summed E-state index contributed by atoms with van der Waals surface area (Å²) in [7, 11) is 2.19. The summed E-state index contributed by atoms with van der Waals surface area (Å²) in [6, 6.07) is 0. The Labute approximate surface area is 77.1 Å². The number of hydrogen-bond acceptors (Lipinski definition) is 1. The van der Waals surface area contributed by atoms with Crippen LogP contribution in [-0.4, -0.2) is 25.0 Å². The van der Waals surface area contributed by atoms with Crippen LogP contribution >= 0.6 is 0 Å². The molecule has 1 heterocycles. The van der Waals surface area contributed by atoms with E-state index in [1.54, 1.807) is 0 Å². The van der Waals surface area contributed by atoms with Crippen LogP contribution in [0.2, 0.25) is 0 Å². The van der Waals surface area contributed by atoms with Crippen LogP contribution in [0.15, 0.2) is 0 Å². The molecule has 0 radical (unpaired) electrons. The fraction of sp³-hybridized carbons (Fsp3) is 1.00. The molecule has 1 aliphatic carbocycles. The SMILES string of the molecule is CCC1CC1.CN1CCCCC1. The molecule has 0 bridgehead atoms. The summed E-state index contributed by atoms with van der Waals surface area (Å²) in [5.74, 6) is 1.13. The van der Waals surface area contributed by atoms with Crippen LogP contribution in [0.3, 0.4) is 0 Å². The van der Waals surface area contributed by atoms with Crippen LogP contribution < -0.4 is 0 Å². The number of nitrogens with zero attached hydrogens (tertiary/aromatic N) is 1. The highest BCUT2D eigenvalue weighted by Crippen LogP contribution is 2.31. The van der Waals surface area contributed by atoms with Gasteiger partial charge in [0.25, 0.3) is 0 Å². The van der Waals surface area contributed by atoms with Gasteiger partial charge in [0.2, 0.25) is 0 Å². The molecule has 1 aliphatic heterocycles. The Hall–Kier alpha value is -0.0400. The van der Waals surface area contributed by atoms with Crippen molar-refractivity contribution in [1.82, 2.24) is 4.90 Å². The Kier molecular flexibility index (Phi) is 4.67. The third kappa shape index (κ3) is 4.76. The lowest BCUT2D eigenvalue weighted by atomic mass is 10.1. The Morgan fingerprint density at radius 1 is 1.08 bits per heavy atom. The van der Waals surface area contributed by atoms with Crippen molar-refractivity contribution in [2.45, 2.75) is 45.4 Å². The lowest BCUT2D eigenvalue weighted by Gasteiger charge is -2.20. The maximum atomic E-state index is 2.39. The maximum Gasteiger partial charge on any atom is -0.00218 e. The molecule has 2 rings (SSSR count). The topological polar surface area (TPSA) is 3.24 Å². The molecule has 12 heavy (non-hydrogen) atoms. The highest BCUT2D eigenvalue weighted by molar-refractivity contribution is 4.69. The predicted molar refractivity (Wildman–Crippen MR) is 54.4 cm³/mol. The van der Waals surface area contributed by atoms with Gasteiger partial charge in [-0.3, -0.25) is 0 Å². The first-order valence-electron chi connectivity index (χ1n) is 5.51. The molecule has 0 N–H and O–H groups in total. The van der Waals surface area contributed by atoms with Crippen molar-refractivity contribution in [3.05, 3.63) is 0 Å². The summed E-state index contributed by atoms with van der Waals surface area (Å²) in [6.45, 7) is 4.90. The molecule has 1 saturated carbocycles. The van der Waals surface area contributed by atoms with E-state index < -0.39 is 0 Å². The fourth-order valence-corrected chi connectivity index (χ4v) is 1.58. The second kappa shape index (κ2) is 5.58. The average molecular weight is 169 g/mol. The third-order valence-corrected chi connectivity index (χ3v) is 2.85. The lowest BCUT2D eigenvalue weighted by Crippen LogP contribution is -2.24. The van der Waals surface area contributed by atoms with E-state index in [-0.39, 0.29) is 0 Å². The van der Waals surface area contributed by atoms with Gasteiger partial charge in [-0.2, -0.15) is 0 Å². The van der Waals surface area contributed by atoms with Crippen molar-refractivity contribution >= 4 is 0 Å². The molecule has 0 unspecified atom stereocenters. The van der Waals surface area contributed by atoms with Crippen LogP contribution in [0.5, 0.6) is 0 Å².